The van der Waals surface area contributed by atoms with E-state index < -0.39 is 0 Å². The van der Waals surface area contributed by atoms with E-state index in [2.05, 4.69) is 34.4 Å². The molecule has 2 rings (SSSR count). The Balaban J connectivity index is 1.67. The average Bonchev–Trinajstić information content (AvgIpc) is 2.78. The minimum absolute atomic E-state index is 0.572. The average molecular weight is 252 g/mol. The largest absolute Gasteiger partial charge is 0.408 e. The molecule has 2 heterocycles. The van der Waals surface area contributed by atoms with Crippen LogP contribution < -0.4 is 5.32 Å². The molecule has 1 aliphatic rings. The maximum atomic E-state index is 5.49. The number of aromatic nitrogens is 2. The zero-order valence-corrected chi connectivity index (χ0v) is 11.5. The standard InChI is InChI=1S/C13H24N4O/c1-3-5-12-15-16-13(18-12)14-8-7-11-6-4-9-17(2)10-11/h11H,3-10H2,1-2H3,(H,14,16)/t11-/m1/s1. The molecule has 18 heavy (non-hydrogen) atoms. The third-order valence-corrected chi connectivity index (χ3v) is 3.48. The lowest BCUT2D eigenvalue weighted by Crippen LogP contribution is -2.32. The molecule has 1 N–H and O–H groups in total. The van der Waals surface area contributed by atoms with Gasteiger partial charge in [0.15, 0.2) is 0 Å². The Hall–Kier alpha value is -1.10. The molecule has 0 unspecified atom stereocenters. The fourth-order valence-corrected chi connectivity index (χ4v) is 2.53. The van der Waals surface area contributed by atoms with Crippen LogP contribution >= 0.6 is 0 Å². The van der Waals surface area contributed by atoms with Gasteiger partial charge in [0.1, 0.15) is 0 Å². The second-order valence-corrected chi connectivity index (χ2v) is 5.24. The van der Waals surface area contributed by atoms with Gasteiger partial charge in [-0.05, 0) is 45.2 Å². The summed E-state index contributed by atoms with van der Waals surface area (Å²) in [6.45, 7) is 5.49. The number of nitrogens with zero attached hydrogens (tertiary/aromatic N) is 3. The van der Waals surface area contributed by atoms with Gasteiger partial charge >= 0.3 is 6.01 Å². The van der Waals surface area contributed by atoms with Crippen LogP contribution in [0.15, 0.2) is 4.42 Å². The Morgan fingerprint density at radius 1 is 1.44 bits per heavy atom. The van der Waals surface area contributed by atoms with Crippen LogP contribution in [-0.2, 0) is 6.42 Å². The van der Waals surface area contributed by atoms with Crippen molar-refractivity contribution in [3.05, 3.63) is 5.89 Å². The highest BCUT2D eigenvalue weighted by Gasteiger charge is 2.16. The van der Waals surface area contributed by atoms with Gasteiger partial charge in [0.25, 0.3) is 0 Å². The van der Waals surface area contributed by atoms with Crippen LogP contribution in [0, 0.1) is 5.92 Å². The molecule has 5 heteroatoms. The molecule has 0 aliphatic carbocycles. The summed E-state index contributed by atoms with van der Waals surface area (Å²) in [4.78, 5) is 2.42. The number of likely N-dealkylation sites (tertiary alicyclic amines) is 1. The van der Waals surface area contributed by atoms with Crippen molar-refractivity contribution in [2.24, 2.45) is 5.92 Å². The van der Waals surface area contributed by atoms with Crippen molar-refractivity contribution >= 4 is 6.01 Å². The molecule has 1 atom stereocenters. The summed E-state index contributed by atoms with van der Waals surface area (Å²) in [6.07, 6.45) is 5.74. The molecule has 5 nitrogen and oxygen atoms in total. The summed E-state index contributed by atoms with van der Waals surface area (Å²) in [5, 5.41) is 11.2. The molecule has 1 saturated heterocycles. The molecule has 0 spiro atoms. The first-order valence-electron chi connectivity index (χ1n) is 7.02. The smallest absolute Gasteiger partial charge is 0.315 e. The number of piperidine rings is 1. The van der Waals surface area contributed by atoms with Gasteiger partial charge in [-0.2, -0.15) is 0 Å². The lowest BCUT2D eigenvalue weighted by molar-refractivity contribution is 0.205. The molecule has 0 bridgehead atoms. The number of aryl methyl sites for hydroxylation is 1. The van der Waals surface area contributed by atoms with Crippen molar-refractivity contribution in [1.29, 1.82) is 0 Å². The monoisotopic (exact) mass is 252 g/mol. The molecular weight excluding hydrogens is 228 g/mol. The van der Waals surface area contributed by atoms with Crippen LogP contribution in [0.4, 0.5) is 6.01 Å². The first-order chi connectivity index (χ1) is 8.78. The Kier molecular flexibility index (Phi) is 4.99. The fourth-order valence-electron chi connectivity index (χ4n) is 2.53. The maximum absolute atomic E-state index is 5.49. The molecule has 1 aliphatic heterocycles. The summed E-state index contributed by atoms with van der Waals surface area (Å²) in [7, 11) is 2.20. The molecule has 0 amide bonds. The van der Waals surface area contributed by atoms with E-state index in [0.717, 1.165) is 31.2 Å². The molecule has 0 radical (unpaired) electrons. The predicted octanol–water partition coefficient (Wildman–Crippen LogP) is 2.17. The van der Waals surface area contributed by atoms with E-state index in [4.69, 9.17) is 4.42 Å². The van der Waals surface area contributed by atoms with Crippen molar-refractivity contribution in [2.45, 2.75) is 39.0 Å². The molecule has 0 saturated carbocycles. The molecule has 0 aromatic carbocycles. The summed E-state index contributed by atoms with van der Waals surface area (Å²) in [6, 6.07) is 0.572. The number of hydrogen-bond acceptors (Lipinski definition) is 5. The van der Waals surface area contributed by atoms with Gasteiger partial charge in [0.2, 0.25) is 5.89 Å². The van der Waals surface area contributed by atoms with Gasteiger partial charge in [-0.3, -0.25) is 0 Å². The molecule has 1 fully saturated rings. The normalized spacial score (nSPS) is 21.1. The van der Waals surface area contributed by atoms with Crippen LogP contribution in [-0.4, -0.2) is 41.8 Å². The molecule has 1 aromatic heterocycles. The third-order valence-electron chi connectivity index (χ3n) is 3.48. The Morgan fingerprint density at radius 2 is 2.33 bits per heavy atom. The Bertz CT molecular complexity index is 353. The van der Waals surface area contributed by atoms with Gasteiger partial charge in [0, 0.05) is 19.5 Å². The van der Waals surface area contributed by atoms with Crippen LogP contribution in [0.1, 0.15) is 38.5 Å². The summed E-state index contributed by atoms with van der Waals surface area (Å²) >= 11 is 0. The van der Waals surface area contributed by atoms with Gasteiger partial charge in [-0.25, -0.2) is 0 Å². The molecule has 1 aromatic rings. The van der Waals surface area contributed by atoms with Crippen LogP contribution in [0.2, 0.25) is 0 Å². The van der Waals surface area contributed by atoms with E-state index in [1.807, 2.05) is 0 Å². The second kappa shape index (κ2) is 6.73. The van der Waals surface area contributed by atoms with E-state index in [-0.39, 0.29) is 0 Å². The van der Waals surface area contributed by atoms with E-state index >= 15 is 0 Å². The minimum Gasteiger partial charge on any atom is -0.408 e. The Labute approximate surface area is 109 Å². The fraction of sp³-hybridized carbons (Fsp3) is 0.846. The minimum atomic E-state index is 0.572. The van der Waals surface area contributed by atoms with Crippen LogP contribution in [0.3, 0.4) is 0 Å². The van der Waals surface area contributed by atoms with E-state index in [1.165, 1.54) is 32.4 Å². The first-order valence-corrected chi connectivity index (χ1v) is 7.02. The van der Waals surface area contributed by atoms with Crippen LogP contribution in [0.5, 0.6) is 0 Å². The number of rotatable bonds is 6. The summed E-state index contributed by atoms with van der Waals surface area (Å²) < 4.78 is 5.49. The van der Waals surface area contributed by atoms with Gasteiger partial charge in [0.05, 0.1) is 0 Å². The first kappa shape index (κ1) is 13.3. The van der Waals surface area contributed by atoms with E-state index in [1.54, 1.807) is 0 Å². The zero-order chi connectivity index (χ0) is 12.8. The van der Waals surface area contributed by atoms with Crippen molar-refractivity contribution in [3.63, 3.8) is 0 Å². The number of nitrogens with one attached hydrogen (secondary N) is 1. The van der Waals surface area contributed by atoms with Gasteiger partial charge in [-0.1, -0.05) is 12.0 Å². The van der Waals surface area contributed by atoms with Gasteiger partial charge in [-0.15, -0.1) is 5.10 Å². The molecule has 102 valence electrons. The molecular formula is C13H24N4O. The number of anilines is 1. The number of hydrogen-bond donors (Lipinski definition) is 1. The highest BCUT2D eigenvalue weighted by Crippen LogP contribution is 2.18. The SMILES string of the molecule is CCCc1nnc(NCC[C@H]2CCCN(C)C2)o1. The van der Waals surface area contributed by atoms with E-state index in [0.29, 0.717) is 6.01 Å². The zero-order valence-electron chi connectivity index (χ0n) is 11.5. The van der Waals surface area contributed by atoms with Crippen molar-refractivity contribution in [1.82, 2.24) is 15.1 Å². The predicted molar refractivity (Wildman–Crippen MR) is 71.6 cm³/mol. The Morgan fingerprint density at radius 3 is 3.11 bits per heavy atom. The second-order valence-electron chi connectivity index (χ2n) is 5.24. The van der Waals surface area contributed by atoms with Crippen molar-refractivity contribution in [2.75, 3.05) is 32.0 Å². The van der Waals surface area contributed by atoms with E-state index in [9.17, 15) is 0 Å². The van der Waals surface area contributed by atoms with Crippen molar-refractivity contribution in [3.8, 4) is 0 Å². The topological polar surface area (TPSA) is 54.2 Å². The van der Waals surface area contributed by atoms with Crippen LogP contribution in [0.25, 0.3) is 0 Å². The van der Waals surface area contributed by atoms with Crippen molar-refractivity contribution < 1.29 is 4.42 Å². The summed E-state index contributed by atoms with van der Waals surface area (Å²) in [5.41, 5.74) is 0. The summed E-state index contributed by atoms with van der Waals surface area (Å²) in [5.74, 6) is 1.53. The lowest BCUT2D eigenvalue weighted by Gasteiger charge is -2.29. The highest BCUT2D eigenvalue weighted by atomic mass is 16.4. The highest BCUT2D eigenvalue weighted by molar-refractivity contribution is 5.16. The quantitative estimate of drug-likeness (QED) is 0.841. The van der Waals surface area contributed by atoms with Gasteiger partial charge < -0.3 is 14.6 Å². The third kappa shape index (κ3) is 3.98. The lowest BCUT2D eigenvalue weighted by atomic mass is 9.95. The maximum Gasteiger partial charge on any atom is 0.315 e.